The summed E-state index contributed by atoms with van der Waals surface area (Å²) in [7, 11) is 0. The number of hydrogen-bond donors (Lipinski definition) is 2. The Hall–Kier alpha value is -1.40. The van der Waals surface area contributed by atoms with E-state index in [2.05, 4.69) is 15.4 Å². The van der Waals surface area contributed by atoms with Gasteiger partial charge in [0.1, 0.15) is 5.75 Å². The Morgan fingerprint density at radius 1 is 1.45 bits per heavy atom. The quantitative estimate of drug-likeness (QED) is 0.896. The molecule has 1 unspecified atom stereocenters. The van der Waals surface area contributed by atoms with Gasteiger partial charge in [0.25, 0.3) is 5.91 Å². The Balaban J connectivity index is 0.00000200. The zero-order valence-corrected chi connectivity index (χ0v) is 11.6. The van der Waals surface area contributed by atoms with Crippen LogP contribution in [-0.2, 0) is 0 Å². The number of ether oxygens (including phenoxy) is 1. The fourth-order valence-corrected chi connectivity index (χ4v) is 2.06. The second-order valence-corrected chi connectivity index (χ2v) is 4.42. The molecule has 1 aromatic carbocycles. The highest BCUT2D eigenvalue weighted by Gasteiger charge is 2.16. The van der Waals surface area contributed by atoms with Gasteiger partial charge in [-0.25, -0.2) is 0 Å². The van der Waals surface area contributed by atoms with E-state index in [0.717, 1.165) is 25.9 Å². The van der Waals surface area contributed by atoms with Crippen LogP contribution < -0.4 is 15.4 Å². The lowest BCUT2D eigenvalue weighted by atomic mass is 10.1. The molecule has 1 aliphatic rings. The van der Waals surface area contributed by atoms with E-state index >= 15 is 0 Å². The minimum atomic E-state index is -2.89. The van der Waals surface area contributed by atoms with Crippen molar-refractivity contribution in [3.8, 4) is 5.75 Å². The summed E-state index contributed by atoms with van der Waals surface area (Å²) in [4.78, 5) is 12.0. The largest absolute Gasteiger partial charge is 0.435 e. The molecule has 1 amide bonds. The van der Waals surface area contributed by atoms with E-state index < -0.39 is 6.61 Å². The van der Waals surface area contributed by atoms with E-state index in [1.165, 1.54) is 18.2 Å². The van der Waals surface area contributed by atoms with E-state index in [-0.39, 0.29) is 30.1 Å². The first kappa shape index (κ1) is 16.7. The van der Waals surface area contributed by atoms with Gasteiger partial charge in [0.05, 0.1) is 0 Å². The first-order valence-electron chi connectivity index (χ1n) is 6.21. The maximum atomic E-state index is 12.1. The van der Waals surface area contributed by atoms with Crippen LogP contribution in [0.2, 0.25) is 0 Å². The summed E-state index contributed by atoms with van der Waals surface area (Å²) in [6.45, 7) is -1.19. The number of carbonyl (C=O) groups excluding carboxylic acids is 1. The number of amides is 1. The van der Waals surface area contributed by atoms with Crippen LogP contribution in [0.3, 0.4) is 0 Å². The predicted octanol–water partition coefficient (Wildman–Crippen LogP) is 2.19. The number of halogens is 3. The molecule has 1 fully saturated rings. The van der Waals surface area contributed by atoms with Crippen molar-refractivity contribution >= 4 is 18.3 Å². The standard InChI is InChI=1S/C13H16F2N2O2.ClH/c14-13(15)19-11-5-1-3-9(7-11)12(18)17-10-4-2-6-16-8-10;/h1,3,5,7,10,13,16H,2,4,6,8H2,(H,17,18);1H. The summed E-state index contributed by atoms with van der Waals surface area (Å²) in [6, 6.07) is 5.89. The van der Waals surface area contributed by atoms with Crippen LogP contribution in [0.5, 0.6) is 5.75 Å². The molecule has 1 heterocycles. The monoisotopic (exact) mass is 306 g/mol. The molecule has 2 rings (SSSR count). The molecule has 2 N–H and O–H groups in total. The fraction of sp³-hybridized carbons (Fsp3) is 0.462. The molecule has 7 heteroatoms. The summed E-state index contributed by atoms with van der Waals surface area (Å²) in [6.07, 6.45) is 1.94. The molecule has 0 radical (unpaired) electrons. The average Bonchev–Trinajstić information content (AvgIpc) is 2.39. The minimum absolute atomic E-state index is 0. The first-order chi connectivity index (χ1) is 9.15. The zero-order chi connectivity index (χ0) is 13.7. The summed E-state index contributed by atoms with van der Waals surface area (Å²) >= 11 is 0. The van der Waals surface area contributed by atoms with Crippen molar-refractivity contribution in [1.29, 1.82) is 0 Å². The second-order valence-electron chi connectivity index (χ2n) is 4.42. The Labute approximate surface area is 122 Å². The van der Waals surface area contributed by atoms with Crippen LogP contribution in [0, 0.1) is 0 Å². The van der Waals surface area contributed by atoms with Gasteiger partial charge in [-0.3, -0.25) is 4.79 Å². The number of carbonyl (C=O) groups is 1. The number of rotatable bonds is 4. The van der Waals surface area contributed by atoms with E-state index in [0.29, 0.717) is 5.56 Å². The highest BCUT2D eigenvalue weighted by atomic mass is 35.5. The van der Waals surface area contributed by atoms with E-state index in [1.54, 1.807) is 6.07 Å². The third kappa shape index (κ3) is 4.94. The first-order valence-corrected chi connectivity index (χ1v) is 6.21. The molecule has 0 aliphatic carbocycles. The molecule has 0 bridgehead atoms. The highest BCUT2D eigenvalue weighted by Crippen LogP contribution is 2.16. The summed E-state index contributed by atoms with van der Waals surface area (Å²) in [5.41, 5.74) is 0.323. The Morgan fingerprint density at radius 3 is 2.90 bits per heavy atom. The van der Waals surface area contributed by atoms with Gasteiger partial charge in [-0.1, -0.05) is 6.07 Å². The minimum Gasteiger partial charge on any atom is -0.435 e. The molecule has 1 aromatic rings. The van der Waals surface area contributed by atoms with Gasteiger partial charge in [0, 0.05) is 18.2 Å². The number of hydrogen-bond acceptors (Lipinski definition) is 3. The molecule has 0 saturated carbocycles. The van der Waals surface area contributed by atoms with Crippen molar-refractivity contribution in [2.75, 3.05) is 13.1 Å². The molecule has 1 saturated heterocycles. The Bertz CT molecular complexity index is 440. The number of alkyl halides is 2. The number of piperidine rings is 1. The topological polar surface area (TPSA) is 50.4 Å². The van der Waals surface area contributed by atoms with Crippen molar-refractivity contribution in [2.24, 2.45) is 0 Å². The second kappa shape index (κ2) is 8.01. The van der Waals surface area contributed by atoms with Crippen LogP contribution in [-0.4, -0.2) is 31.7 Å². The number of nitrogens with one attached hydrogen (secondary N) is 2. The van der Waals surface area contributed by atoms with Crippen LogP contribution in [0.1, 0.15) is 23.2 Å². The van der Waals surface area contributed by atoms with Gasteiger partial charge >= 0.3 is 6.61 Å². The van der Waals surface area contributed by atoms with Gasteiger partial charge in [-0.15, -0.1) is 12.4 Å². The van der Waals surface area contributed by atoms with Crippen molar-refractivity contribution in [3.63, 3.8) is 0 Å². The predicted molar refractivity (Wildman–Crippen MR) is 73.7 cm³/mol. The third-order valence-electron chi connectivity index (χ3n) is 2.95. The lowest BCUT2D eigenvalue weighted by Gasteiger charge is -2.23. The lowest BCUT2D eigenvalue weighted by molar-refractivity contribution is -0.0498. The Morgan fingerprint density at radius 2 is 2.25 bits per heavy atom. The van der Waals surface area contributed by atoms with Gasteiger partial charge in [0.15, 0.2) is 0 Å². The van der Waals surface area contributed by atoms with Crippen molar-refractivity contribution < 1.29 is 18.3 Å². The van der Waals surface area contributed by atoms with Crippen molar-refractivity contribution in [2.45, 2.75) is 25.5 Å². The average molecular weight is 307 g/mol. The summed E-state index contributed by atoms with van der Waals surface area (Å²) in [5, 5.41) is 6.06. The van der Waals surface area contributed by atoms with E-state index in [4.69, 9.17) is 0 Å². The molecule has 1 atom stereocenters. The smallest absolute Gasteiger partial charge is 0.387 e. The van der Waals surface area contributed by atoms with Gasteiger partial charge in [0.2, 0.25) is 0 Å². The molecular formula is C13H17ClF2N2O2. The van der Waals surface area contributed by atoms with Gasteiger partial charge in [-0.05, 0) is 37.6 Å². The van der Waals surface area contributed by atoms with Crippen molar-refractivity contribution in [3.05, 3.63) is 29.8 Å². The SMILES string of the molecule is Cl.O=C(NC1CCCNC1)c1cccc(OC(F)F)c1. The molecular weight excluding hydrogens is 290 g/mol. The molecule has 4 nitrogen and oxygen atoms in total. The molecule has 0 aromatic heterocycles. The normalized spacial score (nSPS) is 18.2. The molecule has 0 spiro atoms. The molecule has 20 heavy (non-hydrogen) atoms. The van der Waals surface area contributed by atoms with E-state index in [1.807, 2.05) is 0 Å². The Kier molecular flexibility index (Phi) is 6.67. The number of benzene rings is 1. The van der Waals surface area contributed by atoms with Crippen molar-refractivity contribution in [1.82, 2.24) is 10.6 Å². The molecule has 1 aliphatic heterocycles. The maximum absolute atomic E-state index is 12.1. The maximum Gasteiger partial charge on any atom is 0.387 e. The highest BCUT2D eigenvalue weighted by molar-refractivity contribution is 5.94. The van der Waals surface area contributed by atoms with Gasteiger partial charge in [-0.2, -0.15) is 8.78 Å². The molecule has 112 valence electrons. The van der Waals surface area contributed by atoms with Gasteiger partial charge < -0.3 is 15.4 Å². The van der Waals surface area contributed by atoms with Crippen LogP contribution >= 0.6 is 12.4 Å². The zero-order valence-electron chi connectivity index (χ0n) is 10.8. The van der Waals surface area contributed by atoms with Crippen LogP contribution in [0.25, 0.3) is 0 Å². The summed E-state index contributed by atoms with van der Waals surface area (Å²) in [5.74, 6) is -0.280. The van der Waals surface area contributed by atoms with Crippen LogP contribution in [0.4, 0.5) is 8.78 Å². The lowest BCUT2D eigenvalue weighted by Crippen LogP contribution is -2.45. The summed E-state index contributed by atoms with van der Waals surface area (Å²) < 4.78 is 28.5. The van der Waals surface area contributed by atoms with Crippen LogP contribution in [0.15, 0.2) is 24.3 Å². The fourth-order valence-electron chi connectivity index (χ4n) is 2.06. The van der Waals surface area contributed by atoms with E-state index in [9.17, 15) is 13.6 Å². The third-order valence-corrected chi connectivity index (χ3v) is 2.95.